The van der Waals surface area contributed by atoms with Crippen LogP contribution in [-0.2, 0) is 11.4 Å². The number of anilines is 1. The number of nitrogens with zero attached hydrogens (tertiary/aromatic N) is 2. The molecule has 0 unspecified atom stereocenters. The predicted octanol–water partition coefficient (Wildman–Crippen LogP) is 6.13. The Balaban J connectivity index is 1.82. The van der Waals surface area contributed by atoms with E-state index in [2.05, 4.69) is 11.4 Å². The summed E-state index contributed by atoms with van der Waals surface area (Å²) in [4.78, 5) is 12.7. The molecule has 0 saturated carbocycles. The Kier molecular flexibility index (Phi) is 9.33. The molecule has 0 heterocycles. The number of ether oxygens (including phenoxy) is 3. The van der Waals surface area contributed by atoms with Crippen molar-refractivity contribution >= 4 is 29.3 Å². The van der Waals surface area contributed by atoms with Crippen molar-refractivity contribution in [1.29, 1.82) is 10.5 Å². The minimum Gasteiger partial charge on any atom is -0.494 e. The van der Waals surface area contributed by atoms with Crippen molar-refractivity contribution in [2.45, 2.75) is 20.5 Å². The summed E-state index contributed by atoms with van der Waals surface area (Å²) >= 11 is 6.49. The number of rotatable bonds is 10. The molecule has 0 spiro atoms. The van der Waals surface area contributed by atoms with E-state index in [-0.39, 0.29) is 17.2 Å². The van der Waals surface area contributed by atoms with Gasteiger partial charge in [-0.05, 0) is 68.0 Å². The van der Waals surface area contributed by atoms with Gasteiger partial charge in [0.25, 0.3) is 5.91 Å². The number of carbonyl (C=O) groups excluding carboxylic acids is 1. The molecular formula is C28H24ClN3O4. The van der Waals surface area contributed by atoms with Gasteiger partial charge >= 0.3 is 0 Å². The first-order valence-electron chi connectivity index (χ1n) is 11.2. The van der Waals surface area contributed by atoms with Gasteiger partial charge in [-0.3, -0.25) is 4.79 Å². The van der Waals surface area contributed by atoms with E-state index in [0.717, 1.165) is 0 Å². The van der Waals surface area contributed by atoms with Gasteiger partial charge in [0, 0.05) is 11.3 Å². The highest BCUT2D eigenvalue weighted by molar-refractivity contribution is 6.32. The summed E-state index contributed by atoms with van der Waals surface area (Å²) < 4.78 is 17.0. The molecule has 36 heavy (non-hydrogen) atoms. The van der Waals surface area contributed by atoms with Crippen molar-refractivity contribution in [3.05, 3.63) is 87.9 Å². The fourth-order valence-corrected chi connectivity index (χ4v) is 3.57. The van der Waals surface area contributed by atoms with E-state index in [9.17, 15) is 15.3 Å². The largest absolute Gasteiger partial charge is 0.494 e. The minimum atomic E-state index is -0.566. The summed E-state index contributed by atoms with van der Waals surface area (Å²) in [7, 11) is 0. The molecule has 182 valence electrons. The zero-order chi connectivity index (χ0) is 25.9. The predicted molar refractivity (Wildman–Crippen MR) is 138 cm³/mol. The molecule has 3 aromatic carbocycles. The lowest BCUT2D eigenvalue weighted by atomic mass is 10.1. The van der Waals surface area contributed by atoms with Crippen LogP contribution in [-0.4, -0.2) is 19.1 Å². The summed E-state index contributed by atoms with van der Waals surface area (Å²) in [6.07, 6.45) is 1.42. The first-order valence-corrected chi connectivity index (χ1v) is 11.6. The lowest BCUT2D eigenvalue weighted by Crippen LogP contribution is -2.13. The molecule has 1 N–H and O–H groups in total. The SMILES string of the molecule is CCOc1ccc(NC(=O)/C(C#N)=C/c2cc(Cl)c(OCc3ccccc3C#N)c(OCC)c2)cc1. The maximum atomic E-state index is 12.7. The van der Waals surface area contributed by atoms with Crippen molar-refractivity contribution in [1.82, 2.24) is 0 Å². The van der Waals surface area contributed by atoms with Crippen LogP contribution in [0.15, 0.2) is 66.2 Å². The van der Waals surface area contributed by atoms with Crippen LogP contribution in [0.4, 0.5) is 5.69 Å². The molecule has 0 atom stereocenters. The van der Waals surface area contributed by atoms with Crippen LogP contribution >= 0.6 is 11.6 Å². The number of hydrogen-bond donors (Lipinski definition) is 1. The van der Waals surface area contributed by atoms with Crippen LogP contribution in [0, 0.1) is 22.7 Å². The average Bonchev–Trinajstić information content (AvgIpc) is 2.88. The van der Waals surface area contributed by atoms with Crippen molar-refractivity contribution in [3.63, 3.8) is 0 Å². The van der Waals surface area contributed by atoms with Crippen LogP contribution in [0.3, 0.4) is 0 Å². The number of benzene rings is 3. The van der Waals surface area contributed by atoms with E-state index in [1.54, 1.807) is 54.6 Å². The summed E-state index contributed by atoms with van der Waals surface area (Å²) in [5.41, 5.74) is 2.12. The Labute approximate surface area is 215 Å². The van der Waals surface area contributed by atoms with Crippen LogP contribution in [0.1, 0.15) is 30.5 Å². The third-order valence-electron chi connectivity index (χ3n) is 4.94. The molecule has 0 aliphatic carbocycles. The lowest BCUT2D eigenvalue weighted by Gasteiger charge is -2.15. The van der Waals surface area contributed by atoms with Crippen molar-refractivity contribution in [2.24, 2.45) is 0 Å². The van der Waals surface area contributed by atoms with E-state index >= 15 is 0 Å². The van der Waals surface area contributed by atoms with Gasteiger partial charge < -0.3 is 19.5 Å². The number of nitrogens with one attached hydrogen (secondary N) is 1. The quantitative estimate of drug-likeness (QED) is 0.264. The maximum Gasteiger partial charge on any atom is 0.266 e. The monoisotopic (exact) mass is 501 g/mol. The number of carbonyl (C=O) groups is 1. The highest BCUT2D eigenvalue weighted by atomic mass is 35.5. The van der Waals surface area contributed by atoms with Gasteiger partial charge in [-0.1, -0.05) is 29.8 Å². The standard InChI is InChI=1S/C28H24ClN3O4/c1-3-34-24-11-9-23(10-12-24)32-28(33)22(17-31)13-19-14-25(29)27(26(15-19)35-4-2)36-18-21-8-6-5-7-20(21)16-30/h5-15H,3-4,18H2,1-2H3,(H,32,33)/b22-13+. The molecule has 0 radical (unpaired) electrons. The Morgan fingerprint density at radius 3 is 2.39 bits per heavy atom. The molecule has 8 heteroatoms. The van der Waals surface area contributed by atoms with Gasteiger partial charge in [-0.25, -0.2) is 0 Å². The number of amides is 1. The second-order valence-electron chi connectivity index (χ2n) is 7.40. The second-order valence-corrected chi connectivity index (χ2v) is 7.81. The third kappa shape index (κ3) is 6.79. The lowest BCUT2D eigenvalue weighted by molar-refractivity contribution is -0.112. The molecule has 3 rings (SSSR count). The number of halogens is 1. The highest BCUT2D eigenvalue weighted by Gasteiger charge is 2.16. The van der Waals surface area contributed by atoms with E-state index in [0.29, 0.717) is 52.8 Å². The first kappa shape index (κ1) is 26.2. The molecule has 0 bridgehead atoms. The van der Waals surface area contributed by atoms with Crippen LogP contribution in [0.25, 0.3) is 6.08 Å². The van der Waals surface area contributed by atoms with Crippen LogP contribution < -0.4 is 19.5 Å². The molecule has 7 nitrogen and oxygen atoms in total. The van der Waals surface area contributed by atoms with Gasteiger partial charge in [0.15, 0.2) is 11.5 Å². The molecule has 0 aliphatic rings. The van der Waals surface area contributed by atoms with Crippen molar-refractivity contribution < 1.29 is 19.0 Å². The first-order chi connectivity index (χ1) is 17.5. The van der Waals surface area contributed by atoms with Gasteiger partial charge in [-0.15, -0.1) is 0 Å². The van der Waals surface area contributed by atoms with E-state index < -0.39 is 5.91 Å². The molecule has 0 fully saturated rings. The Morgan fingerprint density at radius 2 is 1.72 bits per heavy atom. The smallest absolute Gasteiger partial charge is 0.266 e. The maximum absolute atomic E-state index is 12.7. The van der Waals surface area contributed by atoms with E-state index in [4.69, 9.17) is 25.8 Å². The minimum absolute atomic E-state index is 0.112. The molecule has 3 aromatic rings. The zero-order valence-corrected chi connectivity index (χ0v) is 20.6. The highest BCUT2D eigenvalue weighted by Crippen LogP contribution is 2.38. The van der Waals surface area contributed by atoms with Gasteiger partial charge in [0.1, 0.15) is 24.0 Å². The fraction of sp³-hybridized carbons (Fsp3) is 0.179. The normalized spacial score (nSPS) is 10.6. The number of nitriles is 2. The van der Waals surface area contributed by atoms with Crippen LogP contribution in [0.2, 0.25) is 5.02 Å². The zero-order valence-electron chi connectivity index (χ0n) is 19.9. The summed E-state index contributed by atoms with van der Waals surface area (Å²) in [6, 6.07) is 21.2. The Hall–Kier alpha value is -4.46. The molecule has 1 amide bonds. The van der Waals surface area contributed by atoms with Crippen molar-refractivity contribution in [2.75, 3.05) is 18.5 Å². The van der Waals surface area contributed by atoms with E-state index in [1.165, 1.54) is 6.08 Å². The molecule has 0 aromatic heterocycles. The van der Waals surface area contributed by atoms with Crippen molar-refractivity contribution in [3.8, 4) is 29.4 Å². The van der Waals surface area contributed by atoms with Gasteiger partial charge in [-0.2, -0.15) is 10.5 Å². The summed E-state index contributed by atoms with van der Waals surface area (Å²) in [5, 5.41) is 21.8. The second kappa shape index (κ2) is 12.9. The third-order valence-corrected chi connectivity index (χ3v) is 5.22. The van der Waals surface area contributed by atoms with E-state index in [1.807, 2.05) is 26.0 Å². The summed E-state index contributed by atoms with van der Waals surface area (Å²) in [6.45, 7) is 4.70. The number of hydrogen-bond acceptors (Lipinski definition) is 6. The van der Waals surface area contributed by atoms with Crippen LogP contribution in [0.5, 0.6) is 17.2 Å². The fourth-order valence-electron chi connectivity index (χ4n) is 3.29. The molecule has 0 saturated heterocycles. The van der Waals surface area contributed by atoms with Gasteiger partial charge in [0.2, 0.25) is 0 Å². The molecule has 0 aliphatic heterocycles. The summed E-state index contributed by atoms with van der Waals surface area (Å²) in [5.74, 6) is 0.780. The Bertz CT molecular complexity index is 1340. The molecular weight excluding hydrogens is 478 g/mol. The van der Waals surface area contributed by atoms with Gasteiger partial charge in [0.05, 0.1) is 29.9 Å². The average molecular weight is 502 g/mol. The Morgan fingerprint density at radius 1 is 1.00 bits per heavy atom. The topological polar surface area (TPSA) is 104 Å².